The van der Waals surface area contributed by atoms with E-state index in [1.165, 1.54) is 0 Å². The van der Waals surface area contributed by atoms with E-state index < -0.39 is 11.2 Å². The highest BCUT2D eigenvalue weighted by Crippen LogP contribution is 2.66. The quantitative estimate of drug-likeness (QED) is 0.593. The molecule has 2 aliphatic heterocycles. The molecule has 1 N–H and O–H groups in total. The lowest BCUT2D eigenvalue weighted by molar-refractivity contribution is -0.168. The third-order valence-electron chi connectivity index (χ3n) is 8.57. The molecule has 2 aliphatic carbocycles. The molecule has 5 rings (SSSR count). The van der Waals surface area contributed by atoms with Gasteiger partial charge in [0.15, 0.2) is 0 Å². The molecule has 164 valence electrons. The van der Waals surface area contributed by atoms with Crippen LogP contribution in [0.2, 0.25) is 0 Å². The maximum atomic E-state index is 13.2. The average molecular weight is 414 g/mol. The smallest absolute Gasteiger partial charge is 0.311 e. The van der Waals surface area contributed by atoms with Gasteiger partial charge in [0.25, 0.3) is 0 Å². The Labute approximate surface area is 179 Å². The van der Waals surface area contributed by atoms with Gasteiger partial charge in [-0.2, -0.15) is 0 Å². The summed E-state index contributed by atoms with van der Waals surface area (Å²) in [5.74, 6) is 0.970. The van der Waals surface area contributed by atoms with Crippen LogP contribution in [0.15, 0.2) is 30.3 Å². The molecule has 0 radical (unpaired) electrons. The van der Waals surface area contributed by atoms with Crippen LogP contribution in [0.4, 0.5) is 0 Å². The minimum Gasteiger partial charge on any atom is -0.455 e. The molecule has 1 aromatic carbocycles. The maximum absolute atomic E-state index is 13.2. The van der Waals surface area contributed by atoms with E-state index in [4.69, 9.17) is 9.47 Å². The molecule has 5 nitrogen and oxygen atoms in total. The van der Waals surface area contributed by atoms with Gasteiger partial charge in [-0.3, -0.25) is 4.79 Å². The molecule has 2 saturated carbocycles. The zero-order valence-corrected chi connectivity index (χ0v) is 18.6. The van der Waals surface area contributed by atoms with E-state index in [1.54, 1.807) is 0 Å². The standard InChI is InChI=1S/C25H35NO4/c1-16-10-11-20-18(14-26(4)15-23(2,28)17-8-6-5-7-9-17)21(27)29-25(20)19(16)12-13-24(3)22(25)30-24/h5-9,16,18-20,22,28H,10-15H2,1-4H3/t16-,18-,19-,20+,22+,23+,24-,25-/m0/s1. The second-order valence-electron chi connectivity index (χ2n) is 10.8. The lowest BCUT2D eigenvalue weighted by Gasteiger charge is -2.50. The number of ether oxygens (including phenoxy) is 2. The highest BCUT2D eigenvalue weighted by Gasteiger charge is 2.77. The average Bonchev–Trinajstić information content (AvgIpc) is 3.32. The van der Waals surface area contributed by atoms with Gasteiger partial charge >= 0.3 is 5.97 Å². The van der Waals surface area contributed by atoms with Crippen LogP contribution in [0.25, 0.3) is 0 Å². The van der Waals surface area contributed by atoms with Crippen molar-refractivity contribution in [1.29, 1.82) is 0 Å². The van der Waals surface area contributed by atoms with Crippen LogP contribution in [-0.2, 0) is 19.9 Å². The van der Waals surface area contributed by atoms with Crippen LogP contribution in [0, 0.1) is 23.7 Å². The third-order valence-corrected chi connectivity index (χ3v) is 8.57. The number of fused-ring (bicyclic) bond motifs is 1. The summed E-state index contributed by atoms with van der Waals surface area (Å²) in [4.78, 5) is 15.3. The minimum atomic E-state index is -0.969. The molecular formula is C25H35NO4. The van der Waals surface area contributed by atoms with Gasteiger partial charge in [-0.15, -0.1) is 0 Å². The first kappa shape index (κ1) is 20.5. The Morgan fingerprint density at radius 3 is 2.67 bits per heavy atom. The minimum absolute atomic E-state index is 0.0585. The zero-order valence-electron chi connectivity index (χ0n) is 18.6. The van der Waals surface area contributed by atoms with Crippen molar-refractivity contribution in [3.05, 3.63) is 35.9 Å². The largest absolute Gasteiger partial charge is 0.455 e. The fourth-order valence-electron chi connectivity index (χ4n) is 7.08. The van der Waals surface area contributed by atoms with Crippen molar-refractivity contribution in [2.45, 2.75) is 69.4 Å². The van der Waals surface area contributed by atoms with Crippen LogP contribution in [0.1, 0.15) is 52.0 Å². The van der Waals surface area contributed by atoms with Crippen molar-refractivity contribution >= 4 is 5.97 Å². The van der Waals surface area contributed by atoms with Gasteiger partial charge in [-0.1, -0.05) is 37.3 Å². The first-order valence-electron chi connectivity index (χ1n) is 11.5. The Balaban J connectivity index is 1.35. The highest BCUT2D eigenvalue weighted by molar-refractivity contribution is 5.77. The molecule has 8 atom stereocenters. The Hall–Kier alpha value is -1.43. The number of aliphatic hydroxyl groups is 1. The zero-order chi connectivity index (χ0) is 21.3. The van der Waals surface area contributed by atoms with Gasteiger partial charge < -0.3 is 19.5 Å². The summed E-state index contributed by atoms with van der Waals surface area (Å²) in [5.41, 5.74) is -0.620. The molecule has 0 unspecified atom stereocenters. The van der Waals surface area contributed by atoms with Gasteiger partial charge in [-0.25, -0.2) is 0 Å². The number of carbonyl (C=O) groups is 1. The normalized spacial score (nSPS) is 43.9. The Kier molecular flexibility index (Phi) is 4.63. The summed E-state index contributed by atoms with van der Waals surface area (Å²) < 4.78 is 12.5. The fourth-order valence-corrected chi connectivity index (χ4v) is 7.08. The molecule has 2 heterocycles. The van der Waals surface area contributed by atoms with E-state index in [-0.39, 0.29) is 29.5 Å². The van der Waals surface area contributed by atoms with Gasteiger partial charge in [0.05, 0.1) is 17.1 Å². The summed E-state index contributed by atoms with van der Waals surface area (Å²) in [6.07, 6.45) is 4.39. The predicted octanol–water partition coefficient (Wildman–Crippen LogP) is 3.35. The van der Waals surface area contributed by atoms with Gasteiger partial charge in [0, 0.05) is 24.9 Å². The summed E-state index contributed by atoms with van der Waals surface area (Å²) in [7, 11) is 2.00. The number of nitrogens with zero attached hydrogens (tertiary/aromatic N) is 1. The Morgan fingerprint density at radius 2 is 1.93 bits per heavy atom. The molecule has 1 aromatic rings. The molecule has 2 saturated heterocycles. The van der Waals surface area contributed by atoms with E-state index in [9.17, 15) is 9.90 Å². The number of epoxide rings is 1. The number of hydrogen-bond acceptors (Lipinski definition) is 5. The van der Waals surface area contributed by atoms with Crippen LogP contribution in [-0.4, -0.2) is 53.4 Å². The molecule has 4 fully saturated rings. The predicted molar refractivity (Wildman–Crippen MR) is 114 cm³/mol. The first-order valence-corrected chi connectivity index (χ1v) is 11.5. The first-order chi connectivity index (χ1) is 14.2. The molecule has 4 aliphatic rings. The van der Waals surface area contributed by atoms with Crippen molar-refractivity contribution in [2.75, 3.05) is 20.1 Å². The molecule has 0 aromatic heterocycles. The van der Waals surface area contributed by atoms with E-state index in [0.717, 1.165) is 31.2 Å². The van der Waals surface area contributed by atoms with Crippen molar-refractivity contribution in [2.24, 2.45) is 23.7 Å². The summed E-state index contributed by atoms with van der Waals surface area (Å²) in [6, 6.07) is 9.75. The molecule has 5 heteroatoms. The van der Waals surface area contributed by atoms with Crippen LogP contribution < -0.4 is 0 Å². The van der Waals surface area contributed by atoms with Crippen molar-refractivity contribution in [1.82, 2.24) is 4.90 Å². The number of carbonyl (C=O) groups excluding carboxylic acids is 1. The Morgan fingerprint density at radius 1 is 1.20 bits per heavy atom. The van der Waals surface area contributed by atoms with Crippen LogP contribution >= 0.6 is 0 Å². The molecular weight excluding hydrogens is 378 g/mol. The highest BCUT2D eigenvalue weighted by atomic mass is 16.7. The molecule has 30 heavy (non-hydrogen) atoms. The topological polar surface area (TPSA) is 62.3 Å². The van der Waals surface area contributed by atoms with Gasteiger partial charge in [0.1, 0.15) is 11.7 Å². The molecule has 1 spiro atoms. The second kappa shape index (κ2) is 6.78. The van der Waals surface area contributed by atoms with Crippen LogP contribution in [0.5, 0.6) is 0 Å². The maximum Gasteiger partial charge on any atom is 0.311 e. The number of hydrogen-bond donors (Lipinski definition) is 1. The summed E-state index contributed by atoms with van der Waals surface area (Å²) in [6.45, 7) is 7.42. The van der Waals surface area contributed by atoms with E-state index in [1.807, 2.05) is 44.3 Å². The van der Waals surface area contributed by atoms with E-state index >= 15 is 0 Å². The third kappa shape index (κ3) is 2.96. The number of esters is 1. The van der Waals surface area contributed by atoms with Crippen molar-refractivity contribution in [3.63, 3.8) is 0 Å². The van der Waals surface area contributed by atoms with E-state index in [2.05, 4.69) is 18.7 Å². The molecule has 0 bridgehead atoms. The van der Waals surface area contributed by atoms with Gasteiger partial charge in [0.2, 0.25) is 0 Å². The second-order valence-corrected chi connectivity index (χ2v) is 10.8. The van der Waals surface area contributed by atoms with E-state index in [0.29, 0.717) is 24.9 Å². The van der Waals surface area contributed by atoms with Crippen molar-refractivity contribution in [3.8, 4) is 0 Å². The summed E-state index contributed by atoms with van der Waals surface area (Å²) >= 11 is 0. The van der Waals surface area contributed by atoms with Crippen LogP contribution in [0.3, 0.4) is 0 Å². The van der Waals surface area contributed by atoms with Gasteiger partial charge in [-0.05, 0) is 58.1 Å². The lowest BCUT2D eigenvalue weighted by atomic mass is 9.55. The van der Waals surface area contributed by atoms with Crippen molar-refractivity contribution < 1.29 is 19.4 Å². The number of rotatable bonds is 5. The lowest BCUT2D eigenvalue weighted by Crippen LogP contribution is -2.58. The summed E-state index contributed by atoms with van der Waals surface area (Å²) in [5, 5.41) is 11.1. The fraction of sp³-hybridized carbons (Fsp3) is 0.720. The Bertz CT molecular complexity index is 826. The monoisotopic (exact) mass is 413 g/mol. The number of likely N-dealkylation sites (N-methyl/N-ethyl adjacent to an activating group) is 1. The molecule has 0 amide bonds. The SMILES string of the molecule is C[C@H]1CC[C@@H]2[C@H](CN(C)C[C@@](C)(O)c3ccccc3)C(=O)O[C@@]23[C@H]1CC[C@]1(C)O[C@@H]31. The number of benzene rings is 1.